The van der Waals surface area contributed by atoms with Crippen molar-refractivity contribution in [2.75, 3.05) is 5.75 Å². The maximum Gasteiger partial charge on any atom is 0.319 e. The van der Waals surface area contributed by atoms with Gasteiger partial charge >= 0.3 is 5.97 Å². The molecule has 0 saturated heterocycles. The zero-order valence-electron chi connectivity index (χ0n) is 9.71. The molecule has 0 aliphatic heterocycles. The molecule has 0 fully saturated rings. The first kappa shape index (κ1) is 14.1. The first-order valence-corrected chi connectivity index (χ1v) is 6.64. The number of ketones is 1. The number of hydrogen-bond donors (Lipinski definition) is 1. The number of benzene rings is 1. The second-order valence-electron chi connectivity index (χ2n) is 3.77. The molecule has 0 amide bonds. The van der Waals surface area contributed by atoms with Gasteiger partial charge in [0.2, 0.25) is 5.78 Å². The van der Waals surface area contributed by atoms with Crippen LogP contribution >= 0.6 is 0 Å². The molecule has 1 aromatic rings. The van der Waals surface area contributed by atoms with E-state index in [9.17, 15) is 18.0 Å². The molecule has 1 rings (SSSR count). The van der Waals surface area contributed by atoms with E-state index in [1.54, 1.807) is 12.1 Å². The summed E-state index contributed by atoms with van der Waals surface area (Å²) in [6.45, 7) is 5.00. The molecule has 0 saturated carbocycles. The highest BCUT2D eigenvalue weighted by molar-refractivity contribution is 7.96. The Labute approximate surface area is 105 Å². The zero-order valence-corrected chi connectivity index (χ0v) is 10.5. The van der Waals surface area contributed by atoms with Crippen LogP contribution < -0.4 is 0 Å². The van der Waals surface area contributed by atoms with Crippen molar-refractivity contribution in [2.45, 2.75) is 6.92 Å². The molecule has 0 unspecified atom stereocenters. The number of aryl methyl sites for hydroxylation is 1. The van der Waals surface area contributed by atoms with Crippen molar-refractivity contribution in [1.29, 1.82) is 0 Å². The Morgan fingerprint density at radius 1 is 1.22 bits per heavy atom. The minimum absolute atomic E-state index is 0.166. The molecular weight excluding hydrogens is 256 g/mol. The number of carboxylic acids is 1. The van der Waals surface area contributed by atoms with Gasteiger partial charge in [-0.2, -0.15) is 0 Å². The van der Waals surface area contributed by atoms with E-state index in [2.05, 4.69) is 6.58 Å². The molecule has 96 valence electrons. The van der Waals surface area contributed by atoms with Crippen LogP contribution in [0.15, 0.2) is 35.7 Å². The van der Waals surface area contributed by atoms with Gasteiger partial charge in [-0.3, -0.25) is 9.59 Å². The minimum atomic E-state index is -4.16. The van der Waals surface area contributed by atoms with Crippen LogP contribution in [0.5, 0.6) is 0 Å². The van der Waals surface area contributed by atoms with Crippen molar-refractivity contribution in [1.82, 2.24) is 0 Å². The number of hydrogen-bond acceptors (Lipinski definition) is 4. The second kappa shape index (κ2) is 5.14. The van der Waals surface area contributed by atoms with E-state index in [0.717, 1.165) is 5.56 Å². The Kier molecular flexibility index (Phi) is 4.03. The molecule has 0 bridgehead atoms. The molecule has 1 aromatic carbocycles. The number of carbonyl (C=O) groups excluding carboxylic acids is 1. The summed E-state index contributed by atoms with van der Waals surface area (Å²) in [6, 6.07) is 6.26. The lowest BCUT2D eigenvalue weighted by molar-refractivity contribution is -0.134. The highest BCUT2D eigenvalue weighted by Gasteiger charge is 2.26. The highest BCUT2D eigenvalue weighted by atomic mass is 32.2. The predicted molar refractivity (Wildman–Crippen MR) is 66.1 cm³/mol. The van der Waals surface area contributed by atoms with Crippen molar-refractivity contribution in [3.05, 3.63) is 46.9 Å². The molecule has 1 N–H and O–H groups in total. The molecule has 0 atom stereocenters. The summed E-state index contributed by atoms with van der Waals surface area (Å²) in [6.07, 6.45) is 0. The van der Waals surface area contributed by atoms with E-state index < -0.39 is 32.2 Å². The van der Waals surface area contributed by atoms with Crippen LogP contribution in [0.1, 0.15) is 15.9 Å². The van der Waals surface area contributed by atoms with E-state index in [1.165, 1.54) is 12.1 Å². The summed E-state index contributed by atoms with van der Waals surface area (Å²) in [4.78, 5) is 21.5. The van der Waals surface area contributed by atoms with Crippen molar-refractivity contribution in [3.63, 3.8) is 0 Å². The topological polar surface area (TPSA) is 88.5 Å². The van der Waals surface area contributed by atoms with Crippen molar-refractivity contribution < 1.29 is 23.1 Å². The average Bonchev–Trinajstić information content (AvgIpc) is 2.26. The lowest BCUT2D eigenvalue weighted by atomic mass is 10.1. The van der Waals surface area contributed by atoms with E-state index in [-0.39, 0.29) is 5.56 Å². The van der Waals surface area contributed by atoms with Gasteiger partial charge in [0.1, 0.15) is 4.91 Å². The first-order chi connectivity index (χ1) is 8.24. The fraction of sp³-hybridized carbons (Fsp3) is 0.167. The van der Waals surface area contributed by atoms with Crippen LogP contribution in [-0.2, 0) is 14.6 Å². The van der Waals surface area contributed by atoms with Crippen LogP contribution in [0.3, 0.4) is 0 Å². The van der Waals surface area contributed by atoms with E-state index in [0.29, 0.717) is 0 Å². The van der Waals surface area contributed by atoms with Gasteiger partial charge in [-0.25, -0.2) is 8.42 Å². The first-order valence-electron chi connectivity index (χ1n) is 4.99. The number of sulfone groups is 1. The van der Waals surface area contributed by atoms with Crippen LogP contribution in [-0.4, -0.2) is 31.0 Å². The maximum atomic E-state index is 11.8. The van der Waals surface area contributed by atoms with Crippen LogP contribution in [0.2, 0.25) is 0 Å². The summed E-state index contributed by atoms with van der Waals surface area (Å²) < 4.78 is 23.0. The molecule has 0 aliphatic rings. The Hall–Kier alpha value is -1.95. The normalized spacial score (nSPS) is 10.9. The molecule has 6 heteroatoms. The summed E-state index contributed by atoms with van der Waals surface area (Å²) in [5.74, 6) is -3.44. The maximum absolute atomic E-state index is 11.8. The van der Waals surface area contributed by atoms with E-state index >= 15 is 0 Å². The van der Waals surface area contributed by atoms with Gasteiger partial charge in [0.15, 0.2) is 15.6 Å². The minimum Gasteiger partial charge on any atom is -0.480 e. The number of carboxylic acid groups (broad SMARTS) is 1. The second-order valence-corrected chi connectivity index (χ2v) is 5.78. The Bertz CT molecular complexity index is 596. The zero-order chi connectivity index (χ0) is 13.9. The Morgan fingerprint density at radius 3 is 2.17 bits per heavy atom. The van der Waals surface area contributed by atoms with Gasteiger partial charge in [-0.15, -0.1) is 0 Å². The standard InChI is InChI=1S/C12H12O5S/c1-8-3-5-10(6-4-8)12(15)9(2)18(16,17)7-11(13)14/h3-6H,2,7H2,1H3,(H,13,14). The average molecular weight is 268 g/mol. The molecule has 0 heterocycles. The fourth-order valence-corrected chi connectivity index (χ4v) is 2.16. The van der Waals surface area contributed by atoms with Gasteiger partial charge < -0.3 is 5.11 Å². The van der Waals surface area contributed by atoms with E-state index in [1.807, 2.05) is 6.92 Å². The molecule has 0 spiro atoms. The molecule has 0 aromatic heterocycles. The molecule has 0 aliphatic carbocycles. The number of carbonyl (C=O) groups is 2. The molecule has 18 heavy (non-hydrogen) atoms. The summed E-state index contributed by atoms with van der Waals surface area (Å²) in [5.41, 5.74) is 1.09. The van der Waals surface area contributed by atoms with Crippen molar-refractivity contribution in [2.24, 2.45) is 0 Å². The Balaban J connectivity index is 3.01. The fourth-order valence-electron chi connectivity index (χ4n) is 1.26. The SMILES string of the molecule is C=C(C(=O)c1ccc(C)cc1)S(=O)(=O)CC(=O)O. The largest absolute Gasteiger partial charge is 0.480 e. The number of rotatable bonds is 5. The molecule has 0 radical (unpaired) electrons. The van der Waals surface area contributed by atoms with Gasteiger partial charge in [0.25, 0.3) is 0 Å². The number of Topliss-reactive ketones (excluding diaryl/α,β-unsaturated/α-hetero) is 1. The summed E-state index contributed by atoms with van der Waals surface area (Å²) >= 11 is 0. The number of aliphatic carboxylic acids is 1. The molecular formula is C12H12O5S. The third-order valence-electron chi connectivity index (χ3n) is 2.26. The van der Waals surface area contributed by atoms with Gasteiger partial charge in [-0.1, -0.05) is 36.4 Å². The number of allylic oxidation sites excluding steroid dienone is 1. The monoisotopic (exact) mass is 268 g/mol. The van der Waals surface area contributed by atoms with E-state index in [4.69, 9.17) is 5.11 Å². The van der Waals surface area contributed by atoms with Gasteiger partial charge in [0.05, 0.1) is 0 Å². The van der Waals surface area contributed by atoms with Crippen LogP contribution in [0.4, 0.5) is 0 Å². The quantitative estimate of drug-likeness (QED) is 0.640. The highest BCUT2D eigenvalue weighted by Crippen LogP contribution is 2.14. The van der Waals surface area contributed by atoms with Crippen LogP contribution in [0, 0.1) is 6.92 Å². The smallest absolute Gasteiger partial charge is 0.319 e. The predicted octanol–water partition coefficient (Wildman–Crippen LogP) is 1.19. The van der Waals surface area contributed by atoms with Crippen molar-refractivity contribution >= 4 is 21.6 Å². The van der Waals surface area contributed by atoms with Gasteiger partial charge in [-0.05, 0) is 6.92 Å². The summed E-state index contributed by atoms with van der Waals surface area (Å²) in [7, 11) is -4.16. The lowest BCUT2D eigenvalue weighted by Gasteiger charge is -2.05. The Morgan fingerprint density at radius 2 is 1.72 bits per heavy atom. The molecule has 5 nitrogen and oxygen atoms in total. The lowest BCUT2D eigenvalue weighted by Crippen LogP contribution is -2.21. The summed E-state index contributed by atoms with van der Waals surface area (Å²) in [5, 5.41) is 8.46. The van der Waals surface area contributed by atoms with Crippen molar-refractivity contribution in [3.8, 4) is 0 Å². The third kappa shape index (κ3) is 3.27. The third-order valence-corrected chi connectivity index (χ3v) is 3.82. The van der Waals surface area contributed by atoms with Crippen LogP contribution in [0.25, 0.3) is 0 Å². The van der Waals surface area contributed by atoms with Gasteiger partial charge in [0, 0.05) is 5.56 Å².